The maximum Gasteiger partial charge on any atom is 0.269 e. The molecule has 4 heteroatoms. The maximum absolute atomic E-state index is 12.0. The molecule has 15 heavy (non-hydrogen) atoms. The number of likely N-dealkylation sites (N-methyl/N-ethyl adjacent to an activating group) is 1. The van der Waals surface area contributed by atoms with Gasteiger partial charge in [-0.1, -0.05) is 12.1 Å². The lowest BCUT2D eigenvalue weighted by Gasteiger charge is -2.28. The van der Waals surface area contributed by atoms with E-state index in [9.17, 15) is 9.59 Å². The average molecular weight is 203 g/mol. The number of carbonyl (C=O) groups is 2. The summed E-state index contributed by atoms with van der Waals surface area (Å²) in [6.07, 6.45) is 0. The number of para-hydroxylation sites is 1. The van der Waals surface area contributed by atoms with Crippen molar-refractivity contribution in [1.82, 2.24) is 0 Å². The molecule has 0 radical (unpaired) electrons. The quantitative estimate of drug-likeness (QED) is 0.458. The zero-order valence-corrected chi connectivity index (χ0v) is 8.19. The van der Waals surface area contributed by atoms with Gasteiger partial charge in [-0.2, -0.15) is 0 Å². The summed E-state index contributed by atoms with van der Waals surface area (Å²) < 4.78 is 5.05. The summed E-state index contributed by atoms with van der Waals surface area (Å²) >= 11 is 0. The molecule has 1 amide bonds. The van der Waals surface area contributed by atoms with Gasteiger partial charge in [0.05, 0.1) is 12.3 Å². The maximum atomic E-state index is 12.0. The van der Waals surface area contributed by atoms with E-state index in [2.05, 4.69) is 0 Å². The fourth-order valence-corrected chi connectivity index (χ4v) is 1.98. The molecule has 0 aliphatic carbocycles. The summed E-state index contributed by atoms with van der Waals surface area (Å²) in [7, 11) is 1.66. The second-order valence-corrected chi connectivity index (χ2v) is 3.83. The molecule has 1 fully saturated rings. The van der Waals surface area contributed by atoms with E-state index in [4.69, 9.17) is 4.74 Å². The first-order valence-electron chi connectivity index (χ1n) is 4.73. The van der Waals surface area contributed by atoms with Crippen LogP contribution in [-0.4, -0.2) is 30.9 Å². The molecule has 4 nitrogen and oxygen atoms in total. The third-order valence-corrected chi connectivity index (χ3v) is 2.96. The van der Waals surface area contributed by atoms with Crippen LogP contribution in [0.1, 0.15) is 10.4 Å². The smallest absolute Gasteiger partial charge is 0.269 e. The van der Waals surface area contributed by atoms with Crippen molar-refractivity contribution in [3.63, 3.8) is 0 Å². The van der Waals surface area contributed by atoms with Crippen LogP contribution < -0.4 is 4.90 Å². The third-order valence-electron chi connectivity index (χ3n) is 2.96. The van der Waals surface area contributed by atoms with Crippen molar-refractivity contribution in [2.45, 2.75) is 5.60 Å². The number of benzene rings is 1. The highest BCUT2D eigenvalue weighted by Gasteiger charge is 2.63. The van der Waals surface area contributed by atoms with E-state index in [1.807, 2.05) is 6.07 Å². The fourth-order valence-electron chi connectivity index (χ4n) is 1.98. The Morgan fingerprint density at radius 3 is 2.67 bits per heavy atom. The van der Waals surface area contributed by atoms with Gasteiger partial charge in [0.1, 0.15) is 0 Å². The summed E-state index contributed by atoms with van der Waals surface area (Å²) in [6, 6.07) is 7.09. The van der Waals surface area contributed by atoms with Gasteiger partial charge in [0.2, 0.25) is 11.4 Å². The number of epoxide rings is 1. The predicted octanol–water partition coefficient (Wildman–Crippen LogP) is 0.615. The Bertz CT molecular complexity index is 476. The SMILES string of the molecule is CN1C(=O)C2(CO2)C(=O)c2ccccc21. The number of amides is 1. The van der Waals surface area contributed by atoms with Gasteiger partial charge in [-0.25, -0.2) is 0 Å². The molecule has 1 aromatic carbocycles. The van der Waals surface area contributed by atoms with Gasteiger partial charge in [-0.3, -0.25) is 9.59 Å². The molecule has 1 aromatic rings. The van der Waals surface area contributed by atoms with Gasteiger partial charge in [0.25, 0.3) is 5.91 Å². The molecular formula is C11H9NO3. The summed E-state index contributed by atoms with van der Waals surface area (Å²) in [4.78, 5) is 25.3. The molecule has 76 valence electrons. The van der Waals surface area contributed by atoms with Crippen molar-refractivity contribution in [3.05, 3.63) is 29.8 Å². The number of Topliss-reactive ketones (excluding diaryl/α,β-unsaturated/α-hetero) is 1. The fraction of sp³-hybridized carbons (Fsp3) is 0.273. The van der Waals surface area contributed by atoms with E-state index in [-0.39, 0.29) is 18.3 Å². The molecule has 2 aliphatic heterocycles. The Labute approximate surface area is 86.4 Å². The van der Waals surface area contributed by atoms with Crippen LogP contribution in [0.5, 0.6) is 0 Å². The normalized spacial score (nSPS) is 28.2. The van der Waals surface area contributed by atoms with Crippen LogP contribution >= 0.6 is 0 Å². The van der Waals surface area contributed by atoms with E-state index in [1.54, 1.807) is 25.2 Å². The van der Waals surface area contributed by atoms with Crippen molar-refractivity contribution in [1.29, 1.82) is 0 Å². The van der Waals surface area contributed by atoms with Crippen LogP contribution in [0.15, 0.2) is 24.3 Å². The molecule has 0 saturated carbocycles. The topological polar surface area (TPSA) is 49.9 Å². The minimum atomic E-state index is -1.19. The zero-order valence-electron chi connectivity index (χ0n) is 8.19. The molecule has 1 atom stereocenters. The van der Waals surface area contributed by atoms with Crippen molar-refractivity contribution in [3.8, 4) is 0 Å². The van der Waals surface area contributed by atoms with E-state index < -0.39 is 5.60 Å². The number of ketones is 1. The second-order valence-electron chi connectivity index (χ2n) is 3.83. The predicted molar refractivity (Wildman–Crippen MR) is 52.9 cm³/mol. The molecule has 1 unspecified atom stereocenters. The van der Waals surface area contributed by atoms with Crippen molar-refractivity contribution in [2.24, 2.45) is 0 Å². The Hall–Kier alpha value is -1.68. The monoisotopic (exact) mass is 203 g/mol. The van der Waals surface area contributed by atoms with E-state index in [1.165, 1.54) is 4.90 Å². The van der Waals surface area contributed by atoms with Crippen LogP contribution in [0.4, 0.5) is 5.69 Å². The van der Waals surface area contributed by atoms with Gasteiger partial charge in [-0.05, 0) is 12.1 Å². The minimum Gasteiger partial charge on any atom is -0.351 e. The number of nitrogens with zero attached hydrogens (tertiary/aromatic N) is 1. The summed E-state index contributed by atoms with van der Waals surface area (Å²) in [6.45, 7) is 0.212. The van der Waals surface area contributed by atoms with Crippen LogP contribution in [-0.2, 0) is 9.53 Å². The highest BCUT2D eigenvalue weighted by molar-refractivity contribution is 6.28. The molecule has 1 spiro atoms. The molecule has 0 bridgehead atoms. The Kier molecular flexibility index (Phi) is 1.41. The van der Waals surface area contributed by atoms with Gasteiger partial charge < -0.3 is 9.64 Å². The summed E-state index contributed by atoms with van der Waals surface area (Å²) in [5.74, 6) is -0.465. The first-order valence-corrected chi connectivity index (χ1v) is 4.73. The highest BCUT2D eigenvalue weighted by Crippen LogP contribution is 2.40. The molecule has 2 heterocycles. The van der Waals surface area contributed by atoms with E-state index in [0.29, 0.717) is 11.3 Å². The molecule has 0 aromatic heterocycles. The number of hydrogen-bond donors (Lipinski definition) is 0. The molecular weight excluding hydrogens is 194 g/mol. The number of fused-ring (bicyclic) bond motifs is 1. The summed E-state index contributed by atoms with van der Waals surface area (Å²) in [5.41, 5.74) is 0.0362. The molecule has 2 aliphatic rings. The van der Waals surface area contributed by atoms with Crippen LogP contribution in [0, 0.1) is 0 Å². The van der Waals surface area contributed by atoms with Crippen LogP contribution in [0.3, 0.4) is 0 Å². The lowest BCUT2D eigenvalue weighted by molar-refractivity contribution is -0.122. The Morgan fingerprint density at radius 2 is 2.00 bits per heavy atom. The number of anilines is 1. The zero-order chi connectivity index (χ0) is 10.6. The van der Waals surface area contributed by atoms with E-state index in [0.717, 1.165) is 0 Å². The molecule has 3 rings (SSSR count). The van der Waals surface area contributed by atoms with Crippen molar-refractivity contribution < 1.29 is 14.3 Å². The molecule has 0 N–H and O–H groups in total. The van der Waals surface area contributed by atoms with Gasteiger partial charge in [-0.15, -0.1) is 0 Å². The number of carbonyl (C=O) groups excluding carboxylic acids is 2. The standard InChI is InChI=1S/C11H9NO3/c1-12-8-5-3-2-4-7(8)9(13)11(6-15-11)10(12)14/h2-5H,6H2,1H3. The highest BCUT2D eigenvalue weighted by atomic mass is 16.6. The first-order chi connectivity index (χ1) is 7.17. The largest absolute Gasteiger partial charge is 0.351 e. The number of ether oxygens (including phenoxy) is 1. The van der Waals surface area contributed by atoms with Gasteiger partial charge >= 0.3 is 0 Å². The third kappa shape index (κ3) is 0.894. The Morgan fingerprint density at radius 1 is 1.33 bits per heavy atom. The average Bonchev–Trinajstić information content (AvgIpc) is 3.06. The van der Waals surface area contributed by atoms with Gasteiger partial charge in [0.15, 0.2) is 0 Å². The number of rotatable bonds is 0. The molecule has 1 saturated heterocycles. The lowest BCUT2D eigenvalue weighted by atomic mass is 9.91. The van der Waals surface area contributed by atoms with Gasteiger partial charge in [0, 0.05) is 12.6 Å². The minimum absolute atomic E-state index is 0.207. The van der Waals surface area contributed by atoms with Crippen LogP contribution in [0.2, 0.25) is 0 Å². The van der Waals surface area contributed by atoms with Crippen molar-refractivity contribution >= 4 is 17.4 Å². The number of hydrogen-bond acceptors (Lipinski definition) is 3. The van der Waals surface area contributed by atoms with Crippen molar-refractivity contribution in [2.75, 3.05) is 18.6 Å². The second kappa shape index (κ2) is 2.46. The first kappa shape index (κ1) is 8.61. The van der Waals surface area contributed by atoms with E-state index >= 15 is 0 Å². The van der Waals surface area contributed by atoms with Crippen LogP contribution in [0.25, 0.3) is 0 Å². The lowest BCUT2D eigenvalue weighted by Crippen LogP contribution is -2.49. The summed E-state index contributed by atoms with van der Waals surface area (Å²) in [5, 5.41) is 0. The Balaban J connectivity index is 2.24.